The van der Waals surface area contributed by atoms with E-state index in [4.69, 9.17) is 4.74 Å². The van der Waals surface area contributed by atoms with Crippen LogP contribution < -0.4 is 10.1 Å². The van der Waals surface area contributed by atoms with Crippen LogP contribution in [-0.4, -0.2) is 18.8 Å². The van der Waals surface area contributed by atoms with Crippen molar-refractivity contribution in [2.24, 2.45) is 0 Å². The third-order valence-electron chi connectivity index (χ3n) is 3.99. The van der Waals surface area contributed by atoms with Gasteiger partial charge in [-0.2, -0.15) is 0 Å². The maximum atomic E-state index is 12.4. The molecular weight excluding hydrogens is 326 g/mol. The Morgan fingerprint density at radius 3 is 2.31 bits per heavy atom. The summed E-state index contributed by atoms with van der Waals surface area (Å²) in [5.74, 6) is 0.616. The molecule has 4 heteroatoms. The maximum Gasteiger partial charge on any atom is 0.221 e. The molecule has 0 aromatic heterocycles. The molecule has 0 saturated carbocycles. The predicted molar refractivity (Wildman–Crippen MR) is 105 cm³/mol. The van der Waals surface area contributed by atoms with E-state index in [1.807, 2.05) is 48.5 Å². The summed E-state index contributed by atoms with van der Waals surface area (Å²) in [7, 11) is 1.63. The molecule has 1 amide bonds. The van der Waals surface area contributed by atoms with Gasteiger partial charge in [0.1, 0.15) is 5.75 Å². The number of benzene rings is 3. The second-order valence-electron chi connectivity index (χ2n) is 5.93. The van der Waals surface area contributed by atoms with Crippen molar-refractivity contribution in [1.82, 2.24) is 0 Å². The Hall–Kier alpha value is -3.40. The van der Waals surface area contributed by atoms with Crippen molar-refractivity contribution in [2.45, 2.75) is 6.92 Å². The zero-order valence-electron chi connectivity index (χ0n) is 14.7. The Kier molecular flexibility index (Phi) is 5.13. The monoisotopic (exact) mass is 345 g/mol. The van der Waals surface area contributed by atoms with E-state index in [-0.39, 0.29) is 11.7 Å². The minimum absolute atomic E-state index is 0.0614. The Balaban J connectivity index is 1.75. The van der Waals surface area contributed by atoms with E-state index in [0.29, 0.717) is 5.56 Å². The number of anilines is 1. The molecule has 0 unspecified atom stereocenters. The van der Waals surface area contributed by atoms with Crippen molar-refractivity contribution in [3.63, 3.8) is 0 Å². The van der Waals surface area contributed by atoms with Gasteiger partial charge in [0.2, 0.25) is 5.91 Å². The van der Waals surface area contributed by atoms with Crippen LogP contribution in [0.1, 0.15) is 22.8 Å². The van der Waals surface area contributed by atoms with Crippen molar-refractivity contribution < 1.29 is 14.3 Å². The Labute approximate surface area is 152 Å². The quantitative estimate of drug-likeness (QED) is 0.538. The van der Waals surface area contributed by atoms with Gasteiger partial charge >= 0.3 is 0 Å². The molecule has 0 fully saturated rings. The first-order valence-electron chi connectivity index (χ1n) is 8.23. The molecule has 130 valence electrons. The van der Waals surface area contributed by atoms with Gasteiger partial charge in [0.15, 0.2) is 5.78 Å². The average Bonchev–Trinajstić information content (AvgIpc) is 2.66. The number of hydrogen-bond donors (Lipinski definition) is 1. The number of ether oxygens (including phenoxy) is 1. The third-order valence-corrected chi connectivity index (χ3v) is 3.99. The summed E-state index contributed by atoms with van der Waals surface area (Å²) in [6.45, 7) is 1.46. The molecule has 0 bridgehead atoms. The predicted octanol–water partition coefficient (Wildman–Crippen LogP) is 4.70. The Bertz CT molecular complexity index is 988. The molecular formula is C22H19NO3. The highest BCUT2D eigenvalue weighted by Crippen LogP contribution is 2.22. The van der Waals surface area contributed by atoms with Gasteiger partial charge in [0.05, 0.1) is 7.11 Å². The van der Waals surface area contributed by atoms with Crippen molar-refractivity contribution >= 4 is 34.2 Å². The molecule has 0 spiro atoms. The van der Waals surface area contributed by atoms with Gasteiger partial charge in [0, 0.05) is 18.2 Å². The summed E-state index contributed by atoms with van der Waals surface area (Å²) in [5, 5.41) is 4.73. The summed E-state index contributed by atoms with van der Waals surface area (Å²) in [6, 6.07) is 18.7. The molecule has 4 nitrogen and oxygen atoms in total. The number of carbonyl (C=O) groups is 2. The van der Waals surface area contributed by atoms with Crippen molar-refractivity contribution in [1.29, 1.82) is 0 Å². The fourth-order valence-corrected chi connectivity index (χ4v) is 2.65. The van der Waals surface area contributed by atoms with Crippen LogP contribution in [0, 0.1) is 0 Å². The second-order valence-corrected chi connectivity index (χ2v) is 5.93. The molecule has 3 aromatic carbocycles. The molecule has 3 rings (SSSR count). The first-order valence-corrected chi connectivity index (χ1v) is 8.23. The number of carbonyl (C=O) groups excluding carboxylic acids is 2. The van der Waals surface area contributed by atoms with Crippen LogP contribution in [0.4, 0.5) is 5.69 Å². The smallest absolute Gasteiger partial charge is 0.221 e. The molecule has 0 saturated heterocycles. The van der Waals surface area contributed by atoms with Crippen LogP contribution in [0.3, 0.4) is 0 Å². The first kappa shape index (κ1) is 17.4. The minimum atomic E-state index is -0.114. The van der Waals surface area contributed by atoms with E-state index in [1.54, 1.807) is 31.4 Å². The summed E-state index contributed by atoms with van der Waals surface area (Å²) in [6.07, 6.45) is 3.32. The number of ketones is 1. The number of allylic oxidation sites excluding steroid dienone is 1. The lowest BCUT2D eigenvalue weighted by atomic mass is 10.0. The fraction of sp³-hybridized carbons (Fsp3) is 0.0909. The van der Waals surface area contributed by atoms with E-state index in [2.05, 4.69) is 5.32 Å². The van der Waals surface area contributed by atoms with Gasteiger partial charge in [-0.25, -0.2) is 0 Å². The molecule has 0 heterocycles. The van der Waals surface area contributed by atoms with Crippen LogP contribution in [0.25, 0.3) is 16.8 Å². The zero-order chi connectivity index (χ0) is 18.5. The van der Waals surface area contributed by atoms with E-state index >= 15 is 0 Å². The number of hydrogen-bond acceptors (Lipinski definition) is 3. The summed E-state index contributed by atoms with van der Waals surface area (Å²) in [5.41, 5.74) is 2.25. The fourth-order valence-electron chi connectivity index (χ4n) is 2.65. The Morgan fingerprint density at radius 1 is 0.923 bits per heavy atom. The van der Waals surface area contributed by atoms with Crippen molar-refractivity contribution in [3.8, 4) is 5.75 Å². The summed E-state index contributed by atoms with van der Waals surface area (Å²) in [4.78, 5) is 23.5. The second kappa shape index (κ2) is 7.66. The average molecular weight is 345 g/mol. The highest BCUT2D eigenvalue weighted by Gasteiger charge is 2.04. The van der Waals surface area contributed by atoms with Crippen molar-refractivity contribution in [3.05, 3.63) is 77.9 Å². The van der Waals surface area contributed by atoms with Crippen LogP contribution >= 0.6 is 0 Å². The maximum absolute atomic E-state index is 12.4. The van der Waals surface area contributed by atoms with E-state index in [9.17, 15) is 9.59 Å². The number of amides is 1. The topological polar surface area (TPSA) is 55.4 Å². The van der Waals surface area contributed by atoms with Gasteiger partial charge in [0.25, 0.3) is 0 Å². The van der Waals surface area contributed by atoms with E-state index in [0.717, 1.165) is 27.8 Å². The highest BCUT2D eigenvalue weighted by atomic mass is 16.5. The summed E-state index contributed by atoms with van der Waals surface area (Å²) < 4.78 is 5.22. The molecule has 26 heavy (non-hydrogen) atoms. The lowest BCUT2D eigenvalue weighted by Crippen LogP contribution is -2.05. The van der Waals surface area contributed by atoms with E-state index in [1.165, 1.54) is 6.92 Å². The number of methoxy groups -OCH3 is 1. The largest absolute Gasteiger partial charge is 0.497 e. The van der Waals surface area contributed by atoms with Crippen LogP contribution in [0.15, 0.2) is 66.7 Å². The minimum Gasteiger partial charge on any atom is -0.497 e. The van der Waals surface area contributed by atoms with Gasteiger partial charge in [-0.1, -0.05) is 36.4 Å². The highest BCUT2D eigenvalue weighted by molar-refractivity contribution is 6.08. The molecule has 0 radical (unpaired) electrons. The van der Waals surface area contributed by atoms with Gasteiger partial charge < -0.3 is 10.1 Å². The Morgan fingerprint density at radius 2 is 1.62 bits per heavy atom. The standard InChI is InChI=1S/C22H19NO3/c1-15(24)23-20-9-3-16(4-10-20)5-12-22(25)19-7-6-18-14-21(26-2)11-8-17(18)13-19/h3-14H,1-2H3,(H,23,24)/b12-5+. The zero-order valence-corrected chi connectivity index (χ0v) is 14.7. The molecule has 0 aliphatic rings. The number of rotatable bonds is 5. The van der Waals surface area contributed by atoms with Crippen LogP contribution in [-0.2, 0) is 4.79 Å². The summed E-state index contributed by atoms with van der Waals surface area (Å²) >= 11 is 0. The molecule has 0 aliphatic heterocycles. The van der Waals surface area contributed by atoms with E-state index < -0.39 is 0 Å². The molecule has 3 aromatic rings. The third kappa shape index (κ3) is 4.16. The molecule has 0 aliphatic carbocycles. The normalized spacial score (nSPS) is 10.8. The van der Waals surface area contributed by atoms with Crippen LogP contribution in [0.2, 0.25) is 0 Å². The lowest BCUT2D eigenvalue weighted by molar-refractivity contribution is -0.114. The molecule has 1 N–H and O–H groups in total. The van der Waals surface area contributed by atoms with Gasteiger partial charge in [-0.05, 0) is 52.7 Å². The van der Waals surface area contributed by atoms with Crippen LogP contribution in [0.5, 0.6) is 5.75 Å². The number of fused-ring (bicyclic) bond motifs is 1. The first-order chi connectivity index (χ1) is 12.5. The number of nitrogens with one attached hydrogen (secondary N) is 1. The van der Waals surface area contributed by atoms with Crippen molar-refractivity contribution in [2.75, 3.05) is 12.4 Å². The van der Waals surface area contributed by atoms with Gasteiger partial charge in [-0.3, -0.25) is 9.59 Å². The molecule has 0 atom stereocenters. The SMILES string of the molecule is COc1ccc2cc(C(=O)/C=C/c3ccc(NC(C)=O)cc3)ccc2c1. The van der Waals surface area contributed by atoms with Gasteiger partial charge in [-0.15, -0.1) is 0 Å². The lowest BCUT2D eigenvalue weighted by Gasteiger charge is -2.04.